The largest absolute Gasteiger partial charge is 0.338 e. The van der Waals surface area contributed by atoms with Crippen LogP contribution in [0.25, 0.3) is 10.9 Å². The van der Waals surface area contributed by atoms with Crippen LogP contribution < -0.4 is 10.6 Å². The molecule has 37 heavy (non-hydrogen) atoms. The number of guanidine groups is 1. The number of rotatable bonds is 3. The summed E-state index contributed by atoms with van der Waals surface area (Å²) in [5, 5.41) is 16.8. The van der Waals surface area contributed by atoms with E-state index in [1.165, 1.54) is 0 Å². The Morgan fingerprint density at radius 3 is 2.57 bits per heavy atom. The van der Waals surface area contributed by atoms with Gasteiger partial charge in [-0.3, -0.25) is 4.98 Å². The van der Waals surface area contributed by atoms with Gasteiger partial charge in [0.25, 0.3) is 0 Å². The molecule has 1 fully saturated rings. The maximum absolute atomic E-state index is 13.4. The number of aryl methyl sites for hydroxylation is 1. The van der Waals surface area contributed by atoms with Crippen molar-refractivity contribution >= 4 is 34.3 Å². The fourth-order valence-electron chi connectivity index (χ4n) is 4.57. The number of benzene rings is 3. The molecule has 1 saturated heterocycles. The van der Waals surface area contributed by atoms with Crippen molar-refractivity contribution in [1.29, 1.82) is 5.26 Å². The molecule has 4 aromatic rings. The van der Waals surface area contributed by atoms with Gasteiger partial charge in [0.15, 0.2) is 0 Å². The molecule has 2 amide bonds. The molecule has 0 bridgehead atoms. The van der Waals surface area contributed by atoms with Crippen LogP contribution >= 0.6 is 0 Å². The Balaban J connectivity index is 1.41. The number of anilines is 2. The minimum absolute atomic E-state index is 0.163. The van der Waals surface area contributed by atoms with Crippen molar-refractivity contribution in [3.05, 3.63) is 102 Å². The highest BCUT2D eigenvalue weighted by atomic mass is 16.2. The molecule has 0 radical (unpaired) electrons. The minimum atomic E-state index is -0.236. The molecule has 1 aromatic heterocycles. The molecule has 8 heteroatoms. The molecule has 1 aliphatic heterocycles. The number of piperazine rings is 1. The number of pyridine rings is 1. The molecule has 0 aliphatic carbocycles. The monoisotopic (exact) mass is 489 g/mol. The van der Waals surface area contributed by atoms with Crippen LogP contribution in [-0.2, 0) is 0 Å². The molecular formula is C29H27N7O. The number of carbonyl (C=O) groups is 1. The predicted molar refractivity (Wildman–Crippen MR) is 146 cm³/mol. The molecule has 1 unspecified atom stereocenters. The molecule has 0 saturated carbocycles. The lowest BCUT2D eigenvalue weighted by Crippen LogP contribution is -2.54. The van der Waals surface area contributed by atoms with Crippen molar-refractivity contribution in [2.45, 2.75) is 13.0 Å². The quantitative estimate of drug-likeness (QED) is 0.229. The summed E-state index contributed by atoms with van der Waals surface area (Å²) in [6.45, 7) is 3.46. The van der Waals surface area contributed by atoms with Crippen LogP contribution in [0.1, 0.15) is 17.2 Å². The molecule has 8 nitrogen and oxygen atoms in total. The van der Waals surface area contributed by atoms with Gasteiger partial charge < -0.3 is 20.4 Å². The van der Waals surface area contributed by atoms with Crippen molar-refractivity contribution in [1.82, 2.24) is 14.8 Å². The first-order valence-electron chi connectivity index (χ1n) is 12.1. The summed E-state index contributed by atoms with van der Waals surface area (Å²) in [6, 6.07) is 27.0. The Labute approximate surface area is 215 Å². The fourth-order valence-corrected chi connectivity index (χ4v) is 4.57. The van der Waals surface area contributed by atoms with Crippen molar-refractivity contribution in [2.75, 3.05) is 30.3 Å². The van der Waals surface area contributed by atoms with E-state index in [2.05, 4.69) is 20.6 Å². The summed E-state index contributed by atoms with van der Waals surface area (Å²) >= 11 is 0. The number of nitrogens with zero attached hydrogens (tertiary/aromatic N) is 5. The molecule has 2 N–H and O–H groups in total. The number of nitrogens with one attached hydrogen (secondary N) is 2. The number of amides is 2. The summed E-state index contributed by atoms with van der Waals surface area (Å²) in [5.74, 6) is 0.443. The van der Waals surface area contributed by atoms with Gasteiger partial charge in [0.05, 0.1) is 17.2 Å². The molecule has 1 atom stereocenters. The SMILES string of the molecule is Cc1ccc(NC(=O)N2CCN(/C(=N\C#N)Nc3cccc4ncccc34)CC2c2ccccc2)cc1. The van der Waals surface area contributed by atoms with Gasteiger partial charge >= 0.3 is 6.03 Å². The van der Waals surface area contributed by atoms with Gasteiger partial charge in [-0.25, -0.2) is 4.79 Å². The number of aromatic nitrogens is 1. The van der Waals surface area contributed by atoms with E-state index in [9.17, 15) is 10.1 Å². The first-order chi connectivity index (χ1) is 18.1. The third-order valence-corrected chi connectivity index (χ3v) is 6.48. The number of carbonyl (C=O) groups excluding carboxylic acids is 1. The van der Waals surface area contributed by atoms with Crippen LogP contribution in [0.2, 0.25) is 0 Å². The molecule has 5 rings (SSSR count). The summed E-state index contributed by atoms with van der Waals surface area (Å²) < 4.78 is 0. The van der Waals surface area contributed by atoms with E-state index in [0.29, 0.717) is 25.6 Å². The van der Waals surface area contributed by atoms with Crippen LogP contribution in [0.3, 0.4) is 0 Å². The zero-order chi connectivity index (χ0) is 25.6. The Hall–Kier alpha value is -4.90. The zero-order valence-corrected chi connectivity index (χ0v) is 20.5. The maximum atomic E-state index is 13.4. The van der Waals surface area contributed by atoms with E-state index in [-0.39, 0.29) is 12.1 Å². The smallest absolute Gasteiger partial charge is 0.322 e. The van der Waals surface area contributed by atoms with Gasteiger partial charge in [0.1, 0.15) is 0 Å². The van der Waals surface area contributed by atoms with E-state index in [0.717, 1.165) is 33.4 Å². The average Bonchev–Trinajstić information content (AvgIpc) is 2.94. The number of fused-ring (bicyclic) bond motifs is 1. The summed E-state index contributed by atoms with van der Waals surface area (Å²) in [4.78, 5) is 25.8. The second kappa shape index (κ2) is 10.8. The van der Waals surface area contributed by atoms with Crippen molar-refractivity contribution in [3.63, 3.8) is 0 Å². The van der Waals surface area contributed by atoms with Gasteiger partial charge in [-0.1, -0.05) is 54.1 Å². The third kappa shape index (κ3) is 5.36. The Morgan fingerprint density at radius 1 is 0.973 bits per heavy atom. The van der Waals surface area contributed by atoms with E-state index >= 15 is 0 Å². The Bertz CT molecular complexity index is 1460. The highest BCUT2D eigenvalue weighted by Crippen LogP contribution is 2.28. The van der Waals surface area contributed by atoms with Crippen LogP contribution in [0.5, 0.6) is 0 Å². The molecule has 3 aromatic carbocycles. The first kappa shape index (κ1) is 23.8. The van der Waals surface area contributed by atoms with Crippen LogP contribution in [-0.4, -0.2) is 46.4 Å². The Morgan fingerprint density at radius 2 is 1.78 bits per heavy atom. The average molecular weight is 490 g/mol. The molecular weight excluding hydrogens is 462 g/mol. The van der Waals surface area contributed by atoms with Gasteiger partial charge in [-0.2, -0.15) is 5.26 Å². The van der Waals surface area contributed by atoms with Gasteiger partial charge in [-0.15, -0.1) is 4.99 Å². The fraction of sp³-hybridized carbons (Fsp3) is 0.172. The van der Waals surface area contributed by atoms with Gasteiger partial charge in [0.2, 0.25) is 12.2 Å². The molecule has 0 spiro atoms. The van der Waals surface area contributed by atoms with Crippen molar-refractivity contribution < 1.29 is 4.79 Å². The van der Waals surface area contributed by atoms with Crippen molar-refractivity contribution in [2.24, 2.45) is 4.99 Å². The minimum Gasteiger partial charge on any atom is -0.338 e. The van der Waals surface area contributed by atoms with Gasteiger partial charge in [0, 0.05) is 36.9 Å². The molecule has 184 valence electrons. The van der Waals surface area contributed by atoms with Crippen LogP contribution in [0.4, 0.5) is 16.2 Å². The number of urea groups is 1. The summed E-state index contributed by atoms with van der Waals surface area (Å²) in [5.41, 5.74) is 4.56. The van der Waals surface area contributed by atoms with Crippen molar-refractivity contribution in [3.8, 4) is 6.19 Å². The van der Waals surface area contributed by atoms with E-state index < -0.39 is 0 Å². The number of hydrogen-bond donors (Lipinski definition) is 2. The van der Waals surface area contributed by atoms with Crippen LogP contribution in [0.15, 0.2) is 96.1 Å². The predicted octanol–water partition coefficient (Wildman–Crippen LogP) is 5.38. The standard InChI is InChI=1S/C29H27N7O/c1-21-12-14-23(15-13-21)33-29(37)36-18-17-35(19-27(36)22-7-3-2-4-8-22)28(32-20-30)34-26-11-5-10-25-24(26)9-6-16-31-25/h2-16,27H,17-19H2,1H3,(H,32,34)(H,33,37). The lowest BCUT2D eigenvalue weighted by molar-refractivity contribution is 0.136. The van der Waals surface area contributed by atoms with E-state index in [4.69, 9.17) is 0 Å². The summed E-state index contributed by atoms with van der Waals surface area (Å²) in [7, 11) is 0. The summed E-state index contributed by atoms with van der Waals surface area (Å²) in [6.07, 6.45) is 3.69. The lowest BCUT2D eigenvalue weighted by Gasteiger charge is -2.42. The zero-order valence-electron chi connectivity index (χ0n) is 20.5. The number of hydrogen-bond acceptors (Lipinski definition) is 4. The first-order valence-corrected chi connectivity index (χ1v) is 12.1. The second-order valence-corrected chi connectivity index (χ2v) is 8.90. The van der Waals surface area contributed by atoms with E-state index in [1.54, 1.807) is 6.20 Å². The van der Waals surface area contributed by atoms with Gasteiger partial charge in [-0.05, 0) is 48.9 Å². The maximum Gasteiger partial charge on any atom is 0.322 e. The molecule has 1 aliphatic rings. The third-order valence-electron chi connectivity index (χ3n) is 6.48. The van der Waals surface area contributed by atoms with E-state index in [1.807, 2.05) is 108 Å². The second-order valence-electron chi connectivity index (χ2n) is 8.90. The topological polar surface area (TPSA) is 96.7 Å². The highest BCUT2D eigenvalue weighted by molar-refractivity contribution is 6.02. The van der Waals surface area contributed by atoms with Crippen LogP contribution in [0, 0.1) is 18.4 Å². The Kier molecular flexibility index (Phi) is 6.95. The lowest BCUT2D eigenvalue weighted by atomic mass is 10.0. The highest BCUT2D eigenvalue weighted by Gasteiger charge is 2.33. The number of aliphatic imine (C=N–C) groups is 1. The normalized spacial score (nSPS) is 15.8. The molecule has 2 heterocycles. The number of nitriles is 1.